The van der Waals surface area contributed by atoms with Gasteiger partial charge in [0.05, 0.1) is 33.5 Å². The van der Waals surface area contributed by atoms with E-state index in [1.807, 2.05) is 6.07 Å². The van der Waals surface area contributed by atoms with E-state index < -0.39 is 6.10 Å². The van der Waals surface area contributed by atoms with Crippen LogP contribution in [0.2, 0.25) is 0 Å². The molecule has 0 aliphatic carbocycles. The molecule has 1 aromatic carbocycles. The Hall–Kier alpha value is -1.29. The first-order chi connectivity index (χ1) is 8.67. The van der Waals surface area contributed by atoms with Crippen LogP contribution >= 0.6 is 15.9 Å². The first kappa shape index (κ1) is 14.8. The van der Waals surface area contributed by atoms with Gasteiger partial charge in [-0.05, 0) is 12.1 Å². The number of benzene rings is 1. The third kappa shape index (κ3) is 3.35. The number of methoxy groups -OCH3 is 2. The monoisotopic (exact) mass is 315 g/mol. The number of nitriles is 1. The highest BCUT2D eigenvalue weighted by Crippen LogP contribution is 2.36. The maximum absolute atomic E-state index is 9.07. The lowest BCUT2D eigenvalue weighted by Crippen LogP contribution is -2.07. The second kappa shape index (κ2) is 7.21. The molecule has 0 saturated heterocycles. The summed E-state index contributed by atoms with van der Waals surface area (Å²) in [7, 11) is 3.06. The molecule has 0 bridgehead atoms. The first-order valence-electron chi connectivity index (χ1n) is 5.21. The van der Waals surface area contributed by atoms with Gasteiger partial charge in [-0.25, -0.2) is 0 Å². The summed E-state index contributed by atoms with van der Waals surface area (Å²) < 4.78 is 16.2. The Morgan fingerprint density at radius 3 is 2.44 bits per heavy atom. The van der Waals surface area contributed by atoms with Crippen LogP contribution in [0.1, 0.15) is 11.7 Å². The quantitative estimate of drug-likeness (QED) is 0.869. The van der Waals surface area contributed by atoms with Gasteiger partial charge < -0.3 is 19.3 Å². The highest BCUT2D eigenvalue weighted by atomic mass is 79.9. The van der Waals surface area contributed by atoms with Crippen LogP contribution in [0, 0.1) is 11.3 Å². The summed E-state index contributed by atoms with van der Waals surface area (Å²) in [6.07, 6.45) is -0.772. The number of aliphatic hydroxyl groups is 1. The van der Waals surface area contributed by atoms with Crippen LogP contribution in [0.4, 0.5) is 0 Å². The molecule has 0 spiro atoms. The van der Waals surface area contributed by atoms with Gasteiger partial charge in [-0.3, -0.25) is 0 Å². The third-order valence-electron chi connectivity index (χ3n) is 2.28. The van der Waals surface area contributed by atoms with Gasteiger partial charge in [0.25, 0.3) is 0 Å². The van der Waals surface area contributed by atoms with Crippen LogP contribution in [0.15, 0.2) is 16.6 Å². The molecular weight excluding hydrogens is 302 g/mol. The molecule has 0 aromatic heterocycles. The zero-order chi connectivity index (χ0) is 13.5. The van der Waals surface area contributed by atoms with E-state index in [0.717, 1.165) is 0 Å². The fourth-order valence-corrected chi connectivity index (χ4v) is 1.97. The van der Waals surface area contributed by atoms with Gasteiger partial charge in [-0.1, -0.05) is 15.9 Å². The topological polar surface area (TPSA) is 71.7 Å². The van der Waals surface area contributed by atoms with E-state index in [1.165, 1.54) is 14.2 Å². The van der Waals surface area contributed by atoms with Crippen LogP contribution in [0.5, 0.6) is 11.5 Å². The molecule has 0 radical (unpaired) electrons. The molecule has 1 rings (SSSR count). The predicted octanol–water partition coefficient (Wildman–Crippen LogP) is 2.04. The number of aliphatic hydroxyl groups excluding tert-OH is 1. The normalized spacial score (nSPS) is 11.7. The number of rotatable bonds is 6. The molecule has 18 heavy (non-hydrogen) atoms. The molecule has 1 atom stereocenters. The summed E-state index contributed by atoms with van der Waals surface area (Å²) >= 11 is 3.36. The number of hydrogen-bond acceptors (Lipinski definition) is 5. The predicted molar refractivity (Wildman–Crippen MR) is 68.6 cm³/mol. The van der Waals surface area contributed by atoms with Crippen LogP contribution in [-0.4, -0.2) is 32.5 Å². The molecule has 98 valence electrons. The SMILES string of the molecule is COc1cc(Br)c(C(C#N)OCCO)cc1OC. The van der Waals surface area contributed by atoms with Crippen LogP contribution in [-0.2, 0) is 4.74 Å². The lowest BCUT2D eigenvalue weighted by Gasteiger charge is -2.15. The average molecular weight is 316 g/mol. The molecule has 6 heteroatoms. The molecule has 0 fully saturated rings. The number of halogens is 1. The minimum atomic E-state index is -0.772. The molecule has 0 heterocycles. The van der Waals surface area contributed by atoms with E-state index in [2.05, 4.69) is 15.9 Å². The Morgan fingerprint density at radius 1 is 1.33 bits per heavy atom. The lowest BCUT2D eigenvalue weighted by molar-refractivity contribution is 0.0576. The van der Waals surface area contributed by atoms with Gasteiger partial charge >= 0.3 is 0 Å². The summed E-state index contributed by atoms with van der Waals surface area (Å²) in [6.45, 7) is -0.0396. The van der Waals surface area contributed by atoms with Gasteiger partial charge in [0, 0.05) is 10.0 Å². The highest BCUT2D eigenvalue weighted by molar-refractivity contribution is 9.10. The average Bonchev–Trinajstić information content (AvgIpc) is 2.40. The smallest absolute Gasteiger partial charge is 0.170 e. The molecule has 5 nitrogen and oxygen atoms in total. The summed E-state index contributed by atoms with van der Waals surface area (Å²) in [6, 6.07) is 5.41. The molecule has 1 aromatic rings. The van der Waals surface area contributed by atoms with Crippen molar-refractivity contribution < 1.29 is 19.3 Å². The Bertz CT molecular complexity index is 444. The molecule has 1 N–H and O–H groups in total. The lowest BCUT2D eigenvalue weighted by atomic mass is 10.1. The molecule has 0 aliphatic heterocycles. The van der Waals surface area contributed by atoms with Gasteiger partial charge in [-0.15, -0.1) is 0 Å². The van der Waals surface area contributed by atoms with Crippen molar-refractivity contribution in [3.05, 3.63) is 22.2 Å². The Kier molecular flexibility index (Phi) is 5.92. The second-order valence-corrected chi connectivity index (χ2v) is 4.19. The van der Waals surface area contributed by atoms with Crippen molar-refractivity contribution in [3.8, 4) is 17.6 Å². The number of ether oxygens (including phenoxy) is 3. The van der Waals surface area contributed by atoms with E-state index in [-0.39, 0.29) is 13.2 Å². The van der Waals surface area contributed by atoms with Crippen molar-refractivity contribution in [2.24, 2.45) is 0 Å². The second-order valence-electron chi connectivity index (χ2n) is 3.33. The molecule has 0 saturated carbocycles. The van der Waals surface area contributed by atoms with Crippen molar-refractivity contribution in [1.29, 1.82) is 5.26 Å². The Morgan fingerprint density at radius 2 is 1.94 bits per heavy atom. The Labute approximate surface area is 114 Å². The molecular formula is C12H14BrNO4. The standard InChI is InChI=1S/C12H14BrNO4/c1-16-10-5-8(9(13)6-11(10)17-2)12(7-14)18-4-3-15/h5-6,12,15H,3-4H2,1-2H3. The van der Waals surface area contributed by atoms with Crippen LogP contribution < -0.4 is 9.47 Å². The maximum Gasteiger partial charge on any atom is 0.170 e. The number of nitrogens with zero attached hydrogens (tertiary/aromatic N) is 1. The third-order valence-corrected chi connectivity index (χ3v) is 2.97. The van der Waals surface area contributed by atoms with Gasteiger partial charge in [0.2, 0.25) is 0 Å². The van der Waals surface area contributed by atoms with Crippen molar-refractivity contribution >= 4 is 15.9 Å². The van der Waals surface area contributed by atoms with Crippen LogP contribution in [0.3, 0.4) is 0 Å². The van der Waals surface area contributed by atoms with Gasteiger partial charge in [0.1, 0.15) is 0 Å². The minimum Gasteiger partial charge on any atom is -0.493 e. The van der Waals surface area contributed by atoms with E-state index in [4.69, 9.17) is 24.6 Å². The molecule has 0 amide bonds. The fourth-order valence-electron chi connectivity index (χ4n) is 1.44. The molecule has 1 unspecified atom stereocenters. The Balaban J connectivity index is 3.11. The zero-order valence-corrected chi connectivity index (χ0v) is 11.7. The van der Waals surface area contributed by atoms with E-state index in [1.54, 1.807) is 12.1 Å². The summed E-state index contributed by atoms with van der Waals surface area (Å²) in [5, 5.41) is 17.8. The minimum absolute atomic E-state index is 0.0962. The van der Waals surface area contributed by atoms with E-state index in [0.29, 0.717) is 21.5 Å². The molecule has 0 aliphatic rings. The van der Waals surface area contributed by atoms with Crippen molar-refractivity contribution in [1.82, 2.24) is 0 Å². The highest BCUT2D eigenvalue weighted by Gasteiger charge is 2.18. The largest absolute Gasteiger partial charge is 0.493 e. The van der Waals surface area contributed by atoms with E-state index in [9.17, 15) is 0 Å². The zero-order valence-electron chi connectivity index (χ0n) is 10.1. The van der Waals surface area contributed by atoms with Crippen molar-refractivity contribution in [2.45, 2.75) is 6.10 Å². The fraction of sp³-hybridized carbons (Fsp3) is 0.417. The van der Waals surface area contributed by atoms with Gasteiger partial charge in [-0.2, -0.15) is 5.26 Å². The van der Waals surface area contributed by atoms with Crippen molar-refractivity contribution in [2.75, 3.05) is 27.4 Å². The number of hydrogen-bond donors (Lipinski definition) is 1. The summed E-state index contributed by atoms with van der Waals surface area (Å²) in [5.74, 6) is 1.08. The van der Waals surface area contributed by atoms with Crippen LogP contribution in [0.25, 0.3) is 0 Å². The first-order valence-corrected chi connectivity index (χ1v) is 6.00. The summed E-state index contributed by atoms with van der Waals surface area (Å²) in [4.78, 5) is 0. The maximum atomic E-state index is 9.07. The van der Waals surface area contributed by atoms with Crippen molar-refractivity contribution in [3.63, 3.8) is 0 Å². The van der Waals surface area contributed by atoms with Gasteiger partial charge in [0.15, 0.2) is 17.6 Å². The summed E-state index contributed by atoms with van der Waals surface area (Å²) in [5.41, 5.74) is 0.628. The van der Waals surface area contributed by atoms with E-state index >= 15 is 0 Å².